The predicted molar refractivity (Wildman–Crippen MR) is 80.0 cm³/mol. The minimum atomic E-state index is -0.355. The third-order valence-corrected chi connectivity index (χ3v) is 5.49. The summed E-state index contributed by atoms with van der Waals surface area (Å²) in [5, 5.41) is 7.66. The molecule has 2 aliphatic rings. The molecule has 0 aromatic carbocycles. The van der Waals surface area contributed by atoms with Gasteiger partial charge in [0.1, 0.15) is 5.60 Å². The first-order valence-electron chi connectivity index (χ1n) is 8.06. The van der Waals surface area contributed by atoms with E-state index in [0.717, 1.165) is 50.5 Å². The molecule has 2 atom stereocenters. The molecule has 2 heterocycles. The lowest BCUT2D eigenvalue weighted by atomic mass is 9.70. The molecule has 5 nitrogen and oxygen atoms in total. The first-order chi connectivity index (χ1) is 9.96. The second kappa shape index (κ2) is 5.36. The van der Waals surface area contributed by atoms with Gasteiger partial charge in [0.2, 0.25) is 11.7 Å². The number of hydrogen-bond acceptors (Lipinski definition) is 5. The highest BCUT2D eigenvalue weighted by Gasteiger charge is 2.44. The number of methoxy groups -OCH3 is 1. The maximum absolute atomic E-state index is 5.86. The zero-order valence-corrected chi connectivity index (χ0v) is 13.6. The Labute approximate surface area is 126 Å². The van der Waals surface area contributed by atoms with Gasteiger partial charge in [-0.25, -0.2) is 0 Å². The van der Waals surface area contributed by atoms with Gasteiger partial charge in [-0.3, -0.25) is 0 Å². The summed E-state index contributed by atoms with van der Waals surface area (Å²) in [6, 6.07) is 0. The van der Waals surface area contributed by atoms with E-state index in [4.69, 9.17) is 14.2 Å². The second-order valence-electron chi connectivity index (χ2n) is 7.56. The maximum atomic E-state index is 5.86. The standard InChI is InChI=1S/C16H27N3O2/c1-11-9-17-10-12(11)13-18-14(19-21-13)16(20-4)7-5-15(2,3)6-8-16/h11-12,17H,5-10H2,1-4H3/t11-,12-/m1/s1. The van der Waals surface area contributed by atoms with E-state index in [2.05, 4.69) is 31.2 Å². The van der Waals surface area contributed by atoms with Gasteiger partial charge >= 0.3 is 0 Å². The van der Waals surface area contributed by atoms with Crippen molar-refractivity contribution >= 4 is 0 Å². The molecule has 2 fully saturated rings. The van der Waals surface area contributed by atoms with Crippen LogP contribution in [-0.4, -0.2) is 30.3 Å². The van der Waals surface area contributed by atoms with Gasteiger partial charge in [0.15, 0.2) is 0 Å². The van der Waals surface area contributed by atoms with E-state index in [1.165, 1.54) is 0 Å². The van der Waals surface area contributed by atoms with Crippen molar-refractivity contribution in [2.45, 2.75) is 58.0 Å². The summed E-state index contributed by atoms with van der Waals surface area (Å²) in [6.45, 7) is 8.81. The van der Waals surface area contributed by atoms with Crippen molar-refractivity contribution in [2.24, 2.45) is 11.3 Å². The Morgan fingerprint density at radius 1 is 1.19 bits per heavy atom. The van der Waals surface area contributed by atoms with Crippen LogP contribution in [0.4, 0.5) is 0 Å². The monoisotopic (exact) mass is 293 g/mol. The van der Waals surface area contributed by atoms with E-state index in [1.807, 2.05) is 0 Å². The van der Waals surface area contributed by atoms with Crippen LogP contribution in [0.15, 0.2) is 4.52 Å². The van der Waals surface area contributed by atoms with E-state index in [-0.39, 0.29) is 5.60 Å². The molecular formula is C16H27N3O2. The van der Waals surface area contributed by atoms with Crippen LogP contribution in [0.2, 0.25) is 0 Å². The van der Waals surface area contributed by atoms with Crippen LogP contribution >= 0.6 is 0 Å². The average Bonchev–Trinajstić information content (AvgIpc) is 3.08. The number of rotatable bonds is 3. The molecule has 1 aliphatic heterocycles. The third kappa shape index (κ3) is 2.73. The van der Waals surface area contributed by atoms with Crippen LogP contribution in [0.3, 0.4) is 0 Å². The number of aromatic nitrogens is 2. The lowest BCUT2D eigenvalue weighted by Crippen LogP contribution is -2.37. The Hall–Kier alpha value is -0.940. The Morgan fingerprint density at radius 2 is 1.90 bits per heavy atom. The average molecular weight is 293 g/mol. The van der Waals surface area contributed by atoms with Crippen LogP contribution < -0.4 is 5.32 Å². The highest BCUT2D eigenvalue weighted by molar-refractivity contribution is 5.08. The molecule has 1 aromatic rings. The number of nitrogens with zero attached hydrogens (tertiary/aromatic N) is 2. The second-order valence-corrected chi connectivity index (χ2v) is 7.56. The molecule has 1 saturated heterocycles. The Morgan fingerprint density at radius 3 is 2.48 bits per heavy atom. The Balaban J connectivity index is 1.81. The maximum Gasteiger partial charge on any atom is 0.231 e. The van der Waals surface area contributed by atoms with Crippen molar-refractivity contribution in [3.8, 4) is 0 Å². The van der Waals surface area contributed by atoms with Gasteiger partial charge in [-0.1, -0.05) is 25.9 Å². The highest BCUT2D eigenvalue weighted by Crippen LogP contribution is 2.46. The van der Waals surface area contributed by atoms with E-state index in [1.54, 1.807) is 7.11 Å². The predicted octanol–water partition coefficient (Wildman–Crippen LogP) is 2.83. The summed E-state index contributed by atoms with van der Waals surface area (Å²) in [5.74, 6) is 2.39. The van der Waals surface area contributed by atoms with Gasteiger partial charge in [0, 0.05) is 13.7 Å². The van der Waals surface area contributed by atoms with Gasteiger partial charge in [0.25, 0.3) is 0 Å². The summed E-state index contributed by atoms with van der Waals surface area (Å²) < 4.78 is 11.4. The molecule has 0 amide bonds. The van der Waals surface area contributed by atoms with E-state index in [0.29, 0.717) is 17.3 Å². The Kier molecular flexibility index (Phi) is 3.82. The van der Waals surface area contributed by atoms with Crippen molar-refractivity contribution < 1.29 is 9.26 Å². The lowest BCUT2D eigenvalue weighted by molar-refractivity contribution is -0.0740. The lowest BCUT2D eigenvalue weighted by Gasteiger charge is -2.40. The molecule has 0 radical (unpaired) electrons. The molecule has 21 heavy (non-hydrogen) atoms. The minimum absolute atomic E-state index is 0.334. The summed E-state index contributed by atoms with van der Waals surface area (Å²) >= 11 is 0. The molecule has 0 spiro atoms. The van der Waals surface area contributed by atoms with Crippen LogP contribution in [-0.2, 0) is 10.3 Å². The normalized spacial score (nSPS) is 31.4. The summed E-state index contributed by atoms with van der Waals surface area (Å²) in [6.07, 6.45) is 4.19. The van der Waals surface area contributed by atoms with E-state index in [9.17, 15) is 0 Å². The number of ether oxygens (including phenoxy) is 1. The zero-order chi connectivity index (χ0) is 15.1. The van der Waals surface area contributed by atoms with E-state index >= 15 is 0 Å². The van der Waals surface area contributed by atoms with Crippen LogP contribution in [0.1, 0.15) is 64.1 Å². The van der Waals surface area contributed by atoms with Crippen LogP contribution in [0.25, 0.3) is 0 Å². The molecule has 5 heteroatoms. The molecule has 1 saturated carbocycles. The first kappa shape index (κ1) is 15.0. The molecule has 0 unspecified atom stereocenters. The van der Waals surface area contributed by atoms with Crippen molar-refractivity contribution in [1.82, 2.24) is 15.5 Å². The van der Waals surface area contributed by atoms with Gasteiger partial charge in [0.05, 0.1) is 5.92 Å². The fraction of sp³-hybridized carbons (Fsp3) is 0.875. The summed E-state index contributed by atoms with van der Waals surface area (Å²) in [5.41, 5.74) is 0.0328. The van der Waals surface area contributed by atoms with Crippen LogP contribution in [0, 0.1) is 11.3 Å². The van der Waals surface area contributed by atoms with Crippen molar-refractivity contribution in [3.05, 3.63) is 11.7 Å². The van der Waals surface area contributed by atoms with Crippen molar-refractivity contribution in [1.29, 1.82) is 0 Å². The third-order valence-electron chi connectivity index (χ3n) is 5.49. The van der Waals surface area contributed by atoms with Gasteiger partial charge in [-0.05, 0) is 43.6 Å². The van der Waals surface area contributed by atoms with Gasteiger partial charge in [-0.2, -0.15) is 4.98 Å². The summed E-state index contributed by atoms with van der Waals surface area (Å²) in [4.78, 5) is 4.71. The SMILES string of the molecule is COC1(c2noc([C@@H]3CNC[C@H]3C)n2)CCC(C)(C)CC1. The van der Waals surface area contributed by atoms with Gasteiger partial charge < -0.3 is 14.6 Å². The quantitative estimate of drug-likeness (QED) is 0.928. The molecule has 118 valence electrons. The molecule has 1 aromatic heterocycles. The van der Waals surface area contributed by atoms with Crippen molar-refractivity contribution in [3.63, 3.8) is 0 Å². The minimum Gasteiger partial charge on any atom is -0.370 e. The molecule has 1 N–H and O–H groups in total. The molecular weight excluding hydrogens is 266 g/mol. The number of nitrogens with one attached hydrogen (secondary N) is 1. The zero-order valence-electron chi connectivity index (χ0n) is 13.6. The first-order valence-corrected chi connectivity index (χ1v) is 8.06. The fourth-order valence-electron chi connectivity index (χ4n) is 3.56. The highest BCUT2D eigenvalue weighted by atomic mass is 16.5. The smallest absolute Gasteiger partial charge is 0.231 e. The summed E-state index contributed by atoms with van der Waals surface area (Å²) in [7, 11) is 1.77. The van der Waals surface area contributed by atoms with Gasteiger partial charge in [-0.15, -0.1) is 0 Å². The van der Waals surface area contributed by atoms with Crippen LogP contribution in [0.5, 0.6) is 0 Å². The molecule has 3 rings (SSSR count). The molecule has 0 bridgehead atoms. The number of hydrogen-bond donors (Lipinski definition) is 1. The Bertz CT molecular complexity index is 487. The molecule has 1 aliphatic carbocycles. The fourth-order valence-corrected chi connectivity index (χ4v) is 3.56. The topological polar surface area (TPSA) is 60.2 Å². The van der Waals surface area contributed by atoms with Crippen molar-refractivity contribution in [2.75, 3.05) is 20.2 Å². The largest absolute Gasteiger partial charge is 0.370 e. The van der Waals surface area contributed by atoms with E-state index < -0.39 is 0 Å².